The topological polar surface area (TPSA) is 65.1 Å². The number of likely N-dealkylation sites (tertiary alicyclic amines) is 1. The van der Waals surface area contributed by atoms with Crippen LogP contribution >= 0.6 is 11.6 Å². The number of halogens is 1. The van der Waals surface area contributed by atoms with Gasteiger partial charge in [-0.25, -0.2) is 0 Å². The molecule has 1 spiro atoms. The van der Waals surface area contributed by atoms with E-state index in [9.17, 15) is 9.59 Å². The molecule has 6 nitrogen and oxygen atoms in total. The minimum atomic E-state index is -0.541. The number of hydrogen-bond donors (Lipinski definition) is 0. The van der Waals surface area contributed by atoms with Gasteiger partial charge in [0.1, 0.15) is 22.8 Å². The van der Waals surface area contributed by atoms with Gasteiger partial charge in [-0.3, -0.25) is 9.59 Å². The molecule has 7 heteroatoms. The molecule has 2 heterocycles. The third-order valence-electron chi connectivity index (χ3n) is 6.54. The maximum atomic E-state index is 12.7. The van der Waals surface area contributed by atoms with Gasteiger partial charge in [0.25, 0.3) is 0 Å². The van der Waals surface area contributed by atoms with Crippen molar-refractivity contribution in [2.75, 3.05) is 26.8 Å². The summed E-state index contributed by atoms with van der Waals surface area (Å²) >= 11 is 6.20. The molecule has 2 aliphatic rings. The van der Waals surface area contributed by atoms with Crippen molar-refractivity contribution < 1.29 is 23.8 Å². The van der Waals surface area contributed by atoms with Gasteiger partial charge < -0.3 is 19.1 Å². The van der Waals surface area contributed by atoms with Crippen LogP contribution in [-0.2, 0) is 4.79 Å². The van der Waals surface area contributed by atoms with E-state index in [1.165, 1.54) is 0 Å². The van der Waals surface area contributed by atoms with E-state index in [4.69, 9.17) is 25.8 Å². The molecule has 4 rings (SSSR count). The standard InChI is InChI=1S/C26H30ClNO5/c1-17-13-20(14-18(2)25(17)27)32-12-4-5-24(30)28-10-8-26(9-11-28)16-22(29)21-7-6-19(31-3)15-23(21)33-26/h6-7,13-15H,4-5,8-12,16H2,1-3H3. The van der Waals surface area contributed by atoms with Crippen LogP contribution in [-0.4, -0.2) is 49.0 Å². The quantitative estimate of drug-likeness (QED) is 0.545. The molecule has 0 aliphatic carbocycles. The van der Waals surface area contributed by atoms with Gasteiger partial charge >= 0.3 is 0 Å². The maximum Gasteiger partial charge on any atom is 0.222 e. The van der Waals surface area contributed by atoms with Crippen molar-refractivity contribution in [2.24, 2.45) is 0 Å². The Hall–Kier alpha value is -2.73. The first-order valence-electron chi connectivity index (χ1n) is 11.4. The fourth-order valence-electron chi connectivity index (χ4n) is 4.61. The fraction of sp³-hybridized carbons (Fsp3) is 0.462. The Balaban J connectivity index is 1.26. The van der Waals surface area contributed by atoms with Crippen molar-refractivity contribution in [1.82, 2.24) is 4.90 Å². The summed E-state index contributed by atoms with van der Waals surface area (Å²) in [7, 11) is 1.59. The summed E-state index contributed by atoms with van der Waals surface area (Å²) in [4.78, 5) is 27.3. The highest BCUT2D eigenvalue weighted by atomic mass is 35.5. The fourth-order valence-corrected chi connectivity index (χ4v) is 4.71. The molecular formula is C26H30ClNO5. The average Bonchev–Trinajstić information content (AvgIpc) is 2.80. The number of ether oxygens (including phenoxy) is 3. The van der Waals surface area contributed by atoms with Gasteiger partial charge in [-0.15, -0.1) is 0 Å². The molecule has 0 bridgehead atoms. The molecule has 1 fully saturated rings. The Morgan fingerprint density at radius 3 is 2.48 bits per heavy atom. The third-order valence-corrected chi connectivity index (χ3v) is 7.14. The van der Waals surface area contributed by atoms with Crippen molar-refractivity contribution in [3.8, 4) is 17.2 Å². The number of piperidine rings is 1. The Bertz CT molecular complexity index is 1040. The molecule has 33 heavy (non-hydrogen) atoms. The first kappa shape index (κ1) is 23.4. The monoisotopic (exact) mass is 471 g/mol. The second-order valence-electron chi connectivity index (χ2n) is 8.95. The summed E-state index contributed by atoms with van der Waals surface area (Å²) in [6.45, 7) is 5.55. The first-order valence-corrected chi connectivity index (χ1v) is 11.8. The summed E-state index contributed by atoms with van der Waals surface area (Å²) < 4.78 is 17.4. The van der Waals surface area contributed by atoms with E-state index < -0.39 is 5.60 Å². The molecule has 1 amide bonds. The number of amides is 1. The summed E-state index contributed by atoms with van der Waals surface area (Å²) in [5.74, 6) is 2.22. The number of carbonyl (C=O) groups is 2. The lowest BCUT2D eigenvalue weighted by Gasteiger charge is -2.44. The minimum Gasteiger partial charge on any atom is -0.497 e. The van der Waals surface area contributed by atoms with Crippen LogP contribution in [0.1, 0.15) is 53.6 Å². The third kappa shape index (κ3) is 5.11. The summed E-state index contributed by atoms with van der Waals surface area (Å²) in [5.41, 5.74) is 2.02. The van der Waals surface area contributed by atoms with E-state index >= 15 is 0 Å². The number of carbonyl (C=O) groups excluding carboxylic acids is 2. The van der Waals surface area contributed by atoms with Crippen molar-refractivity contribution in [1.29, 1.82) is 0 Å². The van der Waals surface area contributed by atoms with Gasteiger partial charge in [0.15, 0.2) is 5.78 Å². The molecule has 2 aromatic rings. The Kier molecular flexibility index (Phi) is 6.84. The molecule has 0 N–H and O–H groups in total. The van der Waals surface area contributed by atoms with Gasteiger partial charge in [-0.05, 0) is 55.7 Å². The first-order chi connectivity index (χ1) is 15.8. The van der Waals surface area contributed by atoms with Gasteiger partial charge in [0.05, 0.1) is 25.7 Å². The molecule has 2 aliphatic heterocycles. The molecule has 0 radical (unpaired) electrons. The predicted molar refractivity (Wildman–Crippen MR) is 127 cm³/mol. The second-order valence-corrected chi connectivity index (χ2v) is 9.33. The van der Waals surface area contributed by atoms with Crippen LogP contribution in [0.15, 0.2) is 30.3 Å². The Morgan fingerprint density at radius 2 is 1.82 bits per heavy atom. The van der Waals surface area contributed by atoms with Crippen LogP contribution in [0, 0.1) is 13.8 Å². The molecule has 1 saturated heterocycles. The molecule has 176 valence electrons. The number of methoxy groups -OCH3 is 1. The second kappa shape index (κ2) is 9.64. The lowest BCUT2D eigenvalue weighted by atomic mass is 9.82. The minimum absolute atomic E-state index is 0.0866. The molecule has 0 unspecified atom stereocenters. The van der Waals surface area contributed by atoms with E-state index in [-0.39, 0.29) is 11.7 Å². The van der Waals surface area contributed by atoms with Gasteiger partial charge in [-0.1, -0.05) is 11.6 Å². The number of nitrogens with zero attached hydrogens (tertiary/aromatic N) is 1. The van der Waals surface area contributed by atoms with Crippen LogP contribution in [0.4, 0.5) is 0 Å². The van der Waals surface area contributed by atoms with Gasteiger partial charge in [0.2, 0.25) is 5.91 Å². The van der Waals surface area contributed by atoms with E-state index in [0.29, 0.717) is 68.9 Å². The molecule has 0 saturated carbocycles. The van der Waals surface area contributed by atoms with E-state index in [0.717, 1.165) is 21.9 Å². The Morgan fingerprint density at radius 1 is 1.12 bits per heavy atom. The lowest BCUT2D eigenvalue weighted by molar-refractivity contribution is -0.135. The SMILES string of the molecule is COc1ccc2c(c1)OC1(CCN(C(=O)CCCOc3cc(C)c(Cl)c(C)c3)CC1)CC2=O. The lowest BCUT2D eigenvalue weighted by Crippen LogP contribution is -2.52. The number of hydrogen-bond acceptors (Lipinski definition) is 5. The summed E-state index contributed by atoms with van der Waals surface area (Å²) in [6.07, 6.45) is 2.70. The number of Topliss-reactive ketones (excluding diaryl/α,β-unsaturated/α-hetero) is 1. The number of ketones is 1. The highest BCUT2D eigenvalue weighted by Gasteiger charge is 2.43. The average molecular weight is 472 g/mol. The highest BCUT2D eigenvalue weighted by molar-refractivity contribution is 6.32. The number of aryl methyl sites for hydroxylation is 2. The van der Waals surface area contributed by atoms with E-state index in [1.807, 2.05) is 30.9 Å². The van der Waals surface area contributed by atoms with Crippen LogP contribution in [0.3, 0.4) is 0 Å². The zero-order valence-corrected chi connectivity index (χ0v) is 20.2. The number of fused-ring (bicyclic) bond motifs is 1. The van der Waals surface area contributed by atoms with Crippen molar-refractivity contribution in [3.05, 3.63) is 52.0 Å². The van der Waals surface area contributed by atoms with Gasteiger partial charge in [-0.2, -0.15) is 0 Å². The van der Waals surface area contributed by atoms with Crippen LogP contribution < -0.4 is 14.2 Å². The molecular weight excluding hydrogens is 442 g/mol. The molecule has 2 aromatic carbocycles. The number of benzene rings is 2. The van der Waals surface area contributed by atoms with Crippen LogP contribution in [0.25, 0.3) is 0 Å². The van der Waals surface area contributed by atoms with Crippen molar-refractivity contribution >= 4 is 23.3 Å². The highest BCUT2D eigenvalue weighted by Crippen LogP contribution is 2.40. The normalized spacial score (nSPS) is 16.8. The van der Waals surface area contributed by atoms with Crippen LogP contribution in [0.5, 0.6) is 17.2 Å². The zero-order valence-electron chi connectivity index (χ0n) is 19.4. The zero-order chi connectivity index (χ0) is 23.6. The van der Waals surface area contributed by atoms with Crippen molar-refractivity contribution in [2.45, 2.75) is 51.6 Å². The smallest absolute Gasteiger partial charge is 0.222 e. The Labute approximate surface area is 199 Å². The molecule has 0 atom stereocenters. The number of rotatable bonds is 6. The molecule has 0 aromatic heterocycles. The summed E-state index contributed by atoms with van der Waals surface area (Å²) in [5, 5.41) is 0.756. The van der Waals surface area contributed by atoms with E-state index in [1.54, 1.807) is 25.3 Å². The van der Waals surface area contributed by atoms with Gasteiger partial charge in [0, 0.05) is 43.4 Å². The predicted octanol–water partition coefficient (Wildman–Crippen LogP) is 5.15. The maximum absolute atomic E-state index is 12.7. The van der Waals surface area contributed by atoms with E-state index in [2.05, 4.69) is 0 Å². The van der Waals surface area contributed by atoms with Crippen LogP contribution in [0.2, 0.25) is 5.02 Å². The van der Waals surface area contributed by atoms with Crippen molar-refractivity contribution in [3.63, 3.8) is 0 Å². The summed E-state index contributed by atoms with van der Waals surface area (Å²) in [6, 6.07) is 9.14. The largest absolute Gasteiger partial charge is 0.497 e.